The van der Waals surface area contributed by atoms with Gasteiger partial charge in [0.1, 0.15) is 0 Å². The second kappa shape index (κ2) is 5.04. The highest BCUT2D eigenvalue weighted by Gasteiger charge is 2.44. The molecule has 5 atom stereocenters. The summed E-state index contributed by atoms with van der Waals surface area (Å²) in [5, 5.41) is 0. The van der Waals surface area contributed by atoms with E-state index >= 15 is 0 Å². The number of rotatable bonds is 2. The lowest BCUT2D eigenvalue weighted by Crippen LogP contribution is -2.49. The van der Waals surface area contributed by atoms with E-state index in [-0.39, 0.29) is 0 Å². The van der Waals surface area contributed by atoms with Gasteiger partial charge in [-0.2, -0.15) is 0 Å². The van der Waals surface area contributed by atoms with E-state index in [1.165, 1.54) is 51.7 Å². The standard InChI is InChI=1S/C17H32N2/c1-12-16(18)8-7-15(17(12,2)3)11-19-9-13-5-4-6-14(13)10-19/h12-16H,4-11,18H2,1-3H3. The molecule has 1 heterocycles. The lowest BCUT2D eigenvalue weighted by molar-refractivity contribution is 0.0319. The average molecular weight is 264 g/mol. The van der Waals surface area contributed by atoms with E-state index in [1.54, 1.807) is 0 Å². The van der Waals surface area contributed by atoms with Gasteiger partial charge in [-0.1, -0.05) is 27.2 Å². The quantitative estimate of drug-likeness (QED) is 0.830. The monoisotopic (exact) mass is 264 g/mol. The van der Waals surface area contributed by atoms with Gasteiger partial charge in [-0.15, -0.1) is 0 Å². The smallest absolute Gasteiger partial charge is 0.00698 e. The van der Waals surface area contributed by atoms with Crippen molar-refractivity contribution in [2.45, 2.75) is 58.9 Å². The molecule has 3 rings (SSSR count). The fraction of sp³-hybridized carbons (Fsp3) is 1.00. The van der Waals surface area contributed by atoms with Crippen LogP contribution < -0.4 is 5.73 Å². The molecule has 1 saturated heterocycles. The molecule has 2 nitrogen and oxygen atoms in total. The van der Waals surface area contributed by atoms with Crippen LogP contribution in [0, 0.1) is 29.1 Å². The fourth-order valence-electron chi connectivity index (χ4n) is 5.06. The molecule has 0 bridgehead atoms. The zero-order valence-corrected chi connectivity index (χ0v) is 13.1. The summed E-state index contributed by atoms with van der Waals surface area (Å²) in [6.07, 6.45) is 7.05. The van der Waals surface area contributed by atoms with Crippen molar-refractivity contribution in [1.82, 2.24) is 4.90 Å². The summed E-state index contributed by atoms with van der Waals surface area (Å²) in [4.78, 5) is 2.78. The number of nitrogens with zero attached hydrogens (tertiary/aromatic N) is 1. The molecule has 0 spiro atoms. The first-order valence-electron chi connectivity index (χ1n) is 8.46. The Balaban J connectivity index is 1.60. The number of likely N-dealkylation sites (tertiary alicyclic amines) is 1. The van der Waals surface area contributed by atoms with E-state index in [0.29, 0.717) is 17.4 Å². The van der Waals surface area contributed by atoms with Gasteiger partial charge in [0.05, 0.1) is 0 Å². The number of hydrogen-bond donors (Lipinski definition) is 1. The van der Waals surface area contributed by atoms with Crippen LogP contribution in [0.2, 0.25) is 0 Å². The minimum absolute atomic E-state index is 0.412. The maximum absolute atomic E-state index is 6.29. The van der Waals surface area contributed by atoms with Gasteiger partial charge in [0, 0.05) is 25.7 Å². The second-order valence-electron chi connectivity index (χ2n) is 8.22. The van der Waals surface area contributed by atoms with Crippen molar-refractivity contribution < 1.29 is 0 Å². The van der Waals surface area contributed by atoms with Crippen LogP contribution in [-0.2, 0) is 0 Å². The van der Waals surface area contributed by atoms with Crippen molar-refractivity contribution >= 4 is 0 Å². The Bertz CT molecular complexity index is 313. The van der Waals surface area contributed by atoms with Crippen LogP contribution >= 0.6 is 0 Å². The second-order valence-corrected chi connectivity index (χ2v) is 8.22. The number of hydrogen-bond acceptors (Lipinski definition) is 2. The van der Waals surface area contributed by atoms with Gasteiger partial charge in [-0.25, -0.2) is 0 Å². The van der Waals surface area contributed by atoms with Crippen molar-refractivity contribution in [3.8, 4) is 0 Å². The van der Waals surface area contributed by atoms with Crippen LogP contribution in [0.3, 0.4) is 0 Å². The third kappa shape index (κ3) is 2.47. The van der Waals surface area contributed by atoms with Crippen LogP contribution in [0.4, 0.5) is 0 Å². The Kier molecular flexibility index (Phi) is 3.68. The van der Waals surface area contributed by atoms with Crippen molar-refractivity contribution in [3.63, 3.8) is 0 Å². The van der Waals surface area contributed by atoms with Gasteiger partial charge >= 0.3 is 0 Å². The SMILES string of the molecule is CC1C(N)CCC(CN2CC3CCCC3C2)C1(C)C. The number of nitrogens with two attached hydrogens (primary N) is 1. The lowest BCUT2D eigenvalue weighted by atomic mass is 9.61. The third-order valence-electron chi connectivity index (χ3n) is 7.00. The summed E-state index contributed by atoms with van der Waals surface area (Å²) >= 11 is 0. The van der Waals surface area contributed by atoms with Gasteiger partial charge < -0.3 is 10.6 Å². The molecule has 19 heavy (non-hydrogen) atoms. The molecular weight excluding hydrogens is 232 g/mol. The van der Waals surface area contributed by atoms with E-state index in [0.717, 1.165) is 17.8 Å². The Morgan fingerprint density at radius 2 is 1.68 bits per heavy atom. The largest absolute Gasteiger partial charge is 0.327 e. The van der Waals surface area contributed by atoms with Gasteiger partial charge in [0.25, 0.3) is 0 Å². The van der Waals surface area contributed by atoms with E-state index < -0.39 is 0 Å². The summed E-state index contributed by atoms with van der Waals surface area (Å²) in [5.74, 6) is 3.58. The summed E-state index contributed by atoms with van der Waals surface area (Å²) < 4.78 is 0. The van der Waals surface area contributed by atoms with Crippen molar-refractivity contribution in [3.05, 3.63) is 0 Å². The van der Waals surface area contributed by atoms with Crippen molar-refractivity contribution in [1.29, 1.82) is 0 Å². The predicted octanol–water partition coefficient (Wildman–Crippen LogP) is 3.12. The van der Waals surface area contributed by atoms with E-state index in [2.05, 4.69) is 25.7 Å². The molecule has 2 heteroatoms. The van der Waals surface area contributed by atoms with Gasteiger partial charge in [0.15, 0.2) is 0 Å². The molecule has 2 aliphatic carbocycles. The highest BCUT2D eigenvalue weighted by Crippen LogP contribution is 2.46. The summed E-state index contributed by atoms with van der Waals surface area (Å²) in [6.45, 7) is 11.4. The molecule has 0 aromatic carbocycles. The molecule has 110 valence electrons. The Morgan fingerprint density at radius 1 is 1.05 bits per heavy atom. The highest BCUT2D eigenvalue weighted by atomic mass is 15.2. The van der Waals surface area contributed by atoms with Crippen LogP contribution in [0.15, 0.2) is 0 Å². The third-order valence-corrected chi connectivity index (χ3v) is 7.00. The number of fused-ring (bicyclic) bond motifs is 1. The first-order valence-corrected chi connectivity index (χ1v) is 8.46. The lowest BCUT2D eigenvalue weighted by Gasteiger charge is -2.48. The summed E-state index contributed by atoms with van der Waals surface area (Å²) in [7, 11) is 0. The zero-order chi connectivity index (χ0) is 13.6. The van der Waals surface area contributed by atoms with Gasteiger partial charge in [0.2, 0.25) is 0 Å². The fourth-order valence-corrected chi connectivity index (χ4v) is 5.06. The highest BCUT2D eigenvalue weighted by molar-refractivity contribution is 4.96. The topological polar surface area (TPSA) is 29.3 Å². The normalized spacial score (nSPS) is 46.4. The first-order chi connectivity index (χ1) is 8.98. The van der Waals surface area contributed by atoms with Crippen LogP contribution in [0.25, 0.3) is 0 Å². The molecular formula is C17H32N2. The minimum atomic E-state index is 0.412. The molecule has 2 N–H and O–H groups in total. The van der Waals surface area contributed by atoms with Crippen LogP contribution in [-0.4, -0.2) is 30.6 Å². The Morgan fingerprint density at radius 3 is 2.32 bits per heavy atom. The Labute approximate surface area is 119 Å². The Hall–Kier alpha value is -0.0800. The molecule has 5 unspecified atom stereocenters. The van der Waals surface area contributed by atoms with E-state index in [1.807, 2.05) is 0 Å². The molecule has 0 amide bonds. The molecule has 3 aliphatic rings. The zero-order valence-electron chi connectivity index (χ0n) is 13.1. The van der Waals surface area contributed by atoms with Gasteiger partial charge in [-0.3, -0.25) is 0 Å². The van der Waals surface area contributed by atoms with Gasteiger partial charge in [-0.05, 0) is 54.8 Å². The predicted molar refractivity (Wildman–Crippen MR) is 80.9 cm³/mol. The van der Waals surface area contributed by atoms with Crippen molar-refractivity contribution in [2.24, 2.45) is 34.8 Å². The molecule has 0 aromatic rings. The maximum atomic E-state index is 6.29. The molecule has 0 aromatic heterocycles. The molecule has 1 aliphatic heterocycles. The maximum Gasteiger partial charge on any atom is 0.00698 e. The van der Waals surface area contributed by atoms with Crippen LogP contribution in [0.1, 0.15) is 52.9 Å². The van der Waals surface area contributed by atoms with E-state index in [9.17, 15) is 0 Å². The van der Waals surface area contributed by atoms with Crippen molar-refractivity contribution in [2.75, 3.05) is 19.6 Å². The molecule has 2 saturated carbocycles. The first kappa shape index (κ1) is 13.9. The average Bonchev–Trinajstić information content (AvgIpc) is 2.91. The molecule has 3 fully saturated rings. The summed E-state index contributed by atoms with van der Waals surface area (Å²) in [6, 6.07) is 0.421. The minimum Gasteiger partial charge on any atom is -0.327 e. The summed E-state index contributed by atoms with van der Waals surface area (Å²) in [5.41, 5.74) is 6.70. The van der Waals surface area contributed by atoms with E-state index in [4.69, 9.17) is 5.73 Å². The molecule has 0 radical (unpaired) electrons. The van der Waals surface area contributed by atoms with Crippen LogP contribution in [0.5, 0.6) is 0 Å².